The highest BCUT2D eigenvalue weighted by Gasteiger charge is 2.21. The van der Waals surface area contributed by atoms with Gasteiger partial charge in [-0.05, 0) is 42.8 Å². The molecule has 0 spiro atoms. The largest absolute Gasteiger partial charge is 0.376 e. The summed E-state index contributed by atoms with van der Waals surface area (Å²) >= 11 is 5.49. The van der Waals surface area contributed by atoms with Gasteiger partial charge in [-0.1, -0.05) is 12.1 Å². The minimum absolute atomic E-state index is 0.166. The molecular formula is C17H24FN3OS. The Morgan fingerprint density at radius 1 is 1.30 bits per heavy atom. The fourth-order valence-corrected chi connectivity index (χ4v) is 3.39. The van der Waals surface area contributed by atoms with Crippen LogP contribution in [0.25, 0.3) is 0 Å². The van der Waals surface area contributed by atoms with Gasteiger partial charge in [0.25, 0.3) is 0 Å². The zero-order chi connectivity index (χ0) is 16.1. The van der Waals surface area contributed by atoms with E-state index in [1.807, 2.05) is 6.07 Å². The smallest absolute Gasteiger partial charge is 0.169 e. The molecule has 2 heterocycles. The first kappa shape index (κ1) is 16.6. The summed E-state index contributed by atoms with van der Waals surface area (Å²) in [5.74, 6) is -0.166. The van der Waals surface area contributed by atoms with E-state index in [1.54, 1.807) is 12.1 Å². The third-order valence-corrected chi connectivity index (χ3v) is 4.86. The summed E-state index contributed by atoms with van der Waals surface area (Å²) in [6, 6.07) is 6.84. The first-order valence-corrected chi connectivity index (χ1v) is 8.73. The van der Waals surface area contributed by atoms with Crippen molar-refractivity contribution in [2.75, 3.05) is 39.3 Å². The van der Waals surface area contributed by atoms with Crippen molar-refractivity contribution in [1.82, 2.24) is 15.1 Å². The van der Waals surface area contributed by atoms with Crippen molar-refractivity contribution in [2.24, 2.45) is 0 Å². The Hall–Kier alpha value is -1.24. The molecule has 3 rings (SSSR count). The average molecular weight is 337 g/mol. The Labute approximate surface area is 142 Å². The van der Waals surface area contributed by atoms with Crippen LogP contribution in [0.15, 0.2) is 24.3 Å². The molecule has 2 aliphatic heterocycles. The molecule has 0 amide bonds. The second-order valence-electron chi connectivity index (χ2n) is 6.21. The number of piperazine rings is 1. The lowest BCUT2D eigenvalue weighted by atomic mass is 10.2. The van der Waals surface area contributed by atoms with Gasteiger partial charge in [-0.15, -0.1) is 0 Å². The number of nitrogens with zero attached hydrogens (tertiary/aromatic N) is 2. The van der Waals surface area contributed by atoms with Crippen LogP contribution >= 0.6 is 12.2 Å². The lowest BCUT2D eigenvalue weighted by molar-refractivity contribution is 0.112. The van der Waals surface area contributed by atoms with E-state index in [4.69, 9.17) is 17.0 Å². The predicted octanol–water partition coefficient (Wildman–Crippen LogP) is 2.00. The number of nitrogens with one attached hydrogen (secondary N) is 1. The number of hydrogen-bond donors (Lipinski definition) is 1. The van der Waals surface area contributed by atoms with E-state index in [2.05, 4.69) is 15.1 Å². The minimum atomic E-state index is -0.166. The SMILES string of the molecule is Fc1cccc(CN2CCN(C(=S)NCC3CCCO3)CC2)c1. The Bertz CT molecular complexity index is 528. The lowest BCUT2D eigenvalue weighted by Crippen LogP contribution is -2.52. The normalized spacial score (nSPS) is 22.3. The number of ether oxygens (including phenoxy) is 1. The molecule has 4 nitrogen and oxygen atoms in total. The lowest BCUT2D eigenvalue weighted by Gasteiger charge is -2.36. The van der Waals surface area contributed by atoms with Crippen LogP contribution in [0.2, 0.25) is 0 Å². The molecule has 23 heavy (non-hydrogen) atoms. The van der Waals surface area contributed by atoms with Crippen molar-refractivity contribution in [1.29, 1.82) is 0 Å². The van der Waals surface area contributed by atoms with E-state index in [0.717, 1.165) is 69.4 Å². The summed E-state index contributed by atoms with van der Waals surface area (Å²) in [4.78, 5) is 4.56. The topological polar surface area (TPSA) is 27.7 Å². The molecule has 0 saturated carbocycles. The van der Waals surface area contributed by atoms with E-state index in [-0.39, 0.29) is 5.82 Å². The molecule has 0 bridgehead atoms. The molecule has 1 atom stereocenters. The van der Waals surface area contributed by atoms with E-state index >= 15 is 0 Å². The van der Waals surface area contributed by atoms with Crippen molar-refractivity contribution in [2.45, 2.75) is 25.5 Å². The molecule has 0 aromatic heterocycles. The molecule has 6 heteroatoms. The van der Waals surface area contributed by atoms with Gasteiger partial charge in [0.15, 0.2) is 5.11 Å². The second-order valence-corrected chi connectivity index (χ2v) is 6.60. The summed E-state index contributed by atoms with van der Waals surface area (Å²) in [5.41, 5.74) is 1.03. The Morgan fingerprint density at radius 3 is 2.83 bits per heavy atom. The number of hydrogen-bond acceptors (Lipinski definition) is 3. The van der Waals surface area contributed by atoms with Crippen molar-refractivity contribution in [3.05, 3.63) is 35.6 Å². The summed E-state index contributed by atoms with van der Waals surface area (Å²) in [5, 5.41) is 4.16. The van der Waals surface area contributed by atoms with Crippen LogP contribution in [0.4, 0.5) is 4.39 Å². The van der Waals surface area contributed by atoms with Crippen molar-refractivity contribution >= 4 is 17.3 Å². The highest BCUT2D eigenvalue weighted by atomic mass is 32.1. The summed E-state index contributed by atoms with van der Waals surface area (Å²) < 4.78 is 18.8. The number of halogens is 1. The van der Waals surface area contributed by atoms with Gasteiger partial charge in [0.2, 0.25) is 0 Å². The van der Waals surface area contributed by atoms with E-state index in [1.165, 1.54) is 6.07 Å². The van der Waals surface area contributed by atoms with Crippen LogP contribution in [-0.4, -0.2) is 60.3 Å². The molecule has 1 aromatic rings. The first-order valence-electron chi connectivity index (χ1n) is 8.32. The summed E-state index contributed by atoms with van der Waals surface area (Å²) in [7, 11) is 0. The Balaban J connectivity index is 1.40. The quantitative estimate of drug-likeness (QED) is 0.849. The van der Waals surface area contributed by atoms with Gasteiger partial charge in [-0.25, -0.2) is 4.39 Å². The number of rotatable bonds is 4. The van der Waals surface area contributed by atoms with Crippen LogP contribution in [0.3, 0.4) is 0 Å². The summed E-state index contributed by atoms with van der Waals surface area (Å²) in [6.07, 6.45) is 2.58. The molecule has 2 fully saturated rings. The van der Waals surface area contributed by atoms with E-state index < -0.39 is 0 Å². The van der Waals surface area contributed by atoms with E-state index in [9.17, 15) is 4.39 Å². The van der Waals surface area contributed by atoms with Gasteiger partial charge in [0.05, 0.1) is 6.10 Å². The molecule has 0 radical (unpaired) electrons. The Morgan fingerprint density at radius 2 is 2.13 bits per heavy atom. The maximum Gasteiger partial charge on any atom is 0.169 e. The fourth-order valence-electron chi connectivity index (χ4n) is 3.12. The predicted molar refractivity (Wildman–Crippen MR) is 92.8 cm³/mol. The van der Waals surface area contributed by atoms with Gasteiger partial charge in [-0.3, -0.25) is 4.90 Å². The van der Waals surface area contributed by atoms with Crippen molar-refractivity contribution in [3.63, 3.8) is 0 Å². The number of thiocarbonyl (C=S) groups is 1. The van der Waals surface area contributed by atoms with Crippen LogP contribution in [0, 0.1) is 5.82 Å². The van der Waals surface area contributed by atoms with Crippen LogP contribution < -0.4 is 5.32 Å². The van der Waals surface area contributed by atoms with Gasteiger partial charge in [0.1, 0.15) is 5.82 Å². The van der Waals surface area contributed by atoms with Crippen LogP contribution in [-0.2, 0) is 11.3 Å². The zero-order valence-electron chi connectivity index (χ0n) is 13.3. The summed E-state index contributed by atoms with van der Waals surface area (Å²) in [6.45, 7) is 6.18. The molecule has 1 aromatic carbocycles. The third-order valence-electron chi connectivity index (χ3n) is 4.46. The van der Waals surface area contributed by atoms with Crippen molar-refractivity contribution in [3.8, 4) is 0 Å². The van der Waals surface area contributed by atoms with Gasteiger partial charge >= 0.3 is 0 Å². The fraction of sp³-hybridized carbons (Fsp3) is 0.588. The molecule has 2 saturated heterocycles. The van der Waals surface area contributed by atoms with Gasteiger partial charge in [-0.2, -0.15) is 0 Å². The maximum absolute atomic E-state index is 13.2. The number of benzene rings is 1. The highest BCUT2D eigenvalue weighted by molar-refractivity contribution is 7.80. The molecule has 1 unspecified atom stereocenters. The van der Waals surface area contributed by atoms with Crippen molar-refractivity contribution < 1.29 is 9.13 Å². The minimum Gasteiger partial charge on any atom is -0.376 e. The molecule has 0 aliphatic carbocycles. The highest BCUT2D eigenvalue weighted by Crippen LogP contribution is 2.12. The first-order chi connectivity index (χ1) is 11.2. The van der Waals surface area contributed by atoms with Crippen LogP contribution in [0.5, 0.6) is 0 Å². The monoisotopic (exact) mass is 337 g/mol. The zero-order valence-corrected chi connectivity index (χ0v) is 14.2. The van der Waals surface area contributed by atoms with Crippen LogP contribution in [0.1, 0.15) is 18.4 Å². The third kappa shape index (κ3) is 4.86. The Kier molecular flexibility index (Phi) is 5.80. The maximum atomic E-state index is 13.2. The average Bonchev–Trinajstić information content (AvgIpc) is 3.07. The standard InChI is InChI=1S/C17H24FN3OS/c18-15-4-1-3-14(11-15)13-20-6-8-21(9-7-20)17(23)19-12-16-5-2-10-22-16/h1,3-4,11,16H,2,5-10,12-13H2,(H,19,23). The molecular weight excluding hydrogens is 313 g/mol. The van der Waals surface area contributed by atoms with Gasteiger partial charge in [0, 0.05) is 45.9 Å². The molecule has 126 valence electrons. The van der Waals surface area contributed by atoms with E-state index in [0.29, 0.717) is 6.10 Å². The molecule has 1 N–H and O–H groups in total. The van der Waals surface area contributed by atoms with Gasteiger partial charge < -0.3 is 15.0 Å². The molecule has 2 aliphatic rings. The second kappa shape index (κ2) is 8.04.